The number of rotatable bonds is 5. The molecule has 3 rings (SSSR count). The lowest BCUT2D eigenvalue weighted by Crippen LogP contribution is -2.02. The van der Waals surface area contributed by atoms with Gasteiger partial charge in [0.25, 0.3) is 0 Å². The van der Waals surface area contributed by atoms with E-state index in [0.717, 1.165) is 23.5 Å². The molecular weight excluding hydrogens is 321 g/mol. The van der Waals surface area contributed by atoms with E-state index >= 15 is 0 Å². The van der Waals surface area contributed by atoms with Gasteiger partial charge in [0.05, 0.1) is 17.5 Å². The largest absolute Gasteiger partial charge is 0.389 e. The van der Waals surface area contributed by atoms with E-state index in [1.807, 2.05) is 11.7 Å². The van der Waals surface area contributed by atoms with Crippen LogP contribution in [0.2, 0.25) is 0 Å². The Morgan fingerprint density at radius 2 is 1.92 bits per heavy atom. The second kappa shape index (κ2) is 6.76. The average molecular weight is 343 g/mol. The molecule has 132 valence electrons. The highest BCUT2D eigenvalue weighted by Crippen LogP contribution is 2.30. The summed E-state index contributed by atoms with van der Waals surface area (Å²) in [5.74, 6) is -0.385. The number of aliphatic hydroxyl groups is 1. The van der Waals surface area contributed by atoms with Gasteiger partial charge in [-0.05, 0) is 43.2 Å². The topological polar surface area (TPSA) is 68.8 Å². The number of aromatic nitrogens is 5. The molecule has 1 N–H and O–H groups in total. The molecule has 0 bridgehead atoms. The predicted octanol–water partition coefficient (Wildman–Crippen LogP) is 2.56. The standard InChI is InChI=1S/C18H22FN5O/c1-5-13-9-14(23(3)20-13)10-17-18(22-24(4)21-17)15-7-6-12(19)8-16(15)11(2)25/h6-9,11,25H,5,10H2,1-4H3/t11-/m1/s1. The minimum absolute atomic E-state index is 0.385. The van der Waals surface area contributed by atoms with Crippen molar-refractivity contribution in [3.8, 4) is 11.3 Å². The Morgan fingerprint density at radius 3 is 2.56 bits per heavy atom. The highest BCUT2D eigenvalue weighted by Gasteiger charge is 2.19. The molecule has 0 amide bonds. The molecule has 6 nitrogen and oxygen atoms in total. The summed E-state index contributed by atoms with van der Waals surface area (Å²) in [6.45, 7) is 3.68. The molecule has 3 aromatic rings. The van der Waals surface area contributed by atoms with Crippen molar-refractivity contribution in [3.63, 3.8) is 0 Å². The molecule has 0 saturated heterocycles. The van der Waals surface area contributed by atoms with Crippen LogP contribution in [0.25, 0.3) is 11.3 Å². The molecule has 7 heteroatoms. The first-order valence-electron chi connectivity index (χ1n) is 8.29. The zero-order valence-corrected chi connectivity index (χ0v) is 14.9. The van der Waals surface area contributed by atoms with Crippen LogP contribution in [0.4, 0.5) is 4.39 Å². The average Bonchev–Trinajstić information content (AvgIpc) is 3.10. The maximum absolute atomic E-state index is 13.6. The van der Waals surface area contributed by atoms with Crippen LogP contribution in [0.5, 0.6) is 0 Å². The summed E-state index contributed by atoms with van der Waals surface area (Å²) in [6.07, 6.45) is 0.623. The SMILES string of the molecule is CCc1cc(Cc2nn(C)nc2-c2ccc(F)cc2[C@@H](C)O)n(C)n1. The smallest absolute Gasteiger partial charge is 0.123 e. The number of hydrogen-bond donors (Lipinski definition) is 1. The third-order valence-electron chi connectivity index (χ3n) is 4.24. The van der Waals surface area contributed by atoms with Gasteiger partial charge in [0.2, 0.25) is 0 Å². The van der Waals surface area contributed by atoms with Crippen LogP contribution < -0.4 is 0 Å². The van der Waals surface area contributed by atoms with Crippen LogP contribution in [0.15, 0.2) is 24.3 Å². The van der Waals surface area contributed by atoms with Gasteiger partial charge >= 0.3 is 0 Å². The van der Waals surface area contributed by atoms with Gasteiger partial charge in [-0.25, -0.2) is 4.39 Å². The lowest BCUT2D eigenvalue weighted by Gasteiger charge is -2.11. The third-order valence-corrected chi connectivity index (χ3v) is 4.24. The van der Waals surface area contributed by atoms with E-state index in [9.17, 15) is 9.50 Å². The Labute approximate surface area is 145 Å². The normalized spacial score (nSPS) is 12.6. The number of aryl methyl sites for hydroxylation is 3. The molecule has 0 radical (unpaired) electrons. The monoisotopic (exact) mass is 343 g/mol. The van der Waals surface area contributed by atoms with Crippen molar-refractivity contribution >= 4 is 0 Å². The number of nitrogens with zero attached hydrogens (tertiary/aromatic N) is 5. The summed E-state index contributed by atoms with van der Waals surface area (Å²) in [5, 5.41) is 23.4. The van der Waals surface area contributed by atoms with Crippen molar-refractivity contribution in [2.45, 2.75) is 32.8 Å². The van der Waals surface area contributed by atoms with Crippen molar-refractivity contribution in [3.05, 3.63) is 52.7 Å². The van der Waals surface area contributed by atoms with Gasteiger partial charge in [-0.1, -0.05) is 6.92 Å². The molecule has 2 heterocycles. The van der Waals surface area contributed by atoms with Crippen LogP contribution in [-0.4, -0.2) is 29.9 Å². The molecular formula is C18H22FN5O. The summed E-state index contributed by atoms with van der Waals surface area (Å²) in [4.78, 5) is 1.50. The molecule has 0 unspecified atom stereocenters. The molecule has 0 saturated carbocycles. The van der Waals surface area contributed by atoms with E-state index in [-0.39, 0.29) is 5.82 Å². The van der Waals surface area contributed by atoms with Crippen molar-refractivity contribution in [2.75, 3.05) is 0 Å². The quantitative estimate of drug-likeness (QED) is 0.773. The highest BCUT2D eigenvalue weighted by atomic mass is 19.1. The lowest BCUT2D eigenvalue weighted by molar-refractivity contribution is 0.199. The fraction of sp³-hybridized carbons (Fsp3) is 0.389. The second-order valence-corrected chi connectivity index (χ2v) is 6.17. The van der Waals surface area contributed by atoms with E-state index in [1.165, 1.54) is 16.9 Å². The van der Waals surface area contributed by atoms with Crippen molar-refractivity contribution in [2.24, 2.45) is 14.1 Å². The van der Waals surface area contributed by atoms with Crippen molar-refractivity contribution in [1.29, 1.82) is 0 Å². The van der Waals surface area contributed by atoms with Gasteiger partial charge < -0.3 is 5.11 Å². The van der Waals surface area contributed by atoms with Crippen LogP contribution in [-0.2, 0) is 26.9 Å². The van der Waals surface area contributed by atoms with Gasteiger partial charge in [0.15, 0.2) is 0 Å². The summed E-state index contributed by atoms with van der Waals surface area (Å²) in [7, 11) is 3.66. The molecule has 0 fully saturated rings. The van der Waals surface area contributed by atoms with E-state index in [4.69, 9.17) is 0 Å². The Hall–Kier alpha value is -2.54. The number of aliphatic hydroxyl groups excluding tert-OH is 1. The lowest BCUT2D eigenvalue weighted by atomic mass is 9.98. The zero-order chi connectivity index (χ0) is 18.1. The maximum Gasteiger partial charge on any atom is 0.123 e. The first kappa shape index (κ1) is 17.3. The summed E-state index contributed by atoms with van der Waals surface area (Å²) in [6, 6.07) is 6.42. The van der Waals surface area contributed by atoms with E-state index in [0.29, 0.717) is 23.2 Å². The highest BCUT2D eigenvalue weighted by molar-refractivity contribution is 5.66. The van der Waals surface area contributed by atoms with Gasteiger partial charge in [-0.15, -0.1) is 0 Å². The van der Waals surface area contributed by atoms with Gasteiger partial charge in [-0.3, -0.25) is 4.68 Å². The Kier molecular flexibility index (Phi) is 4.67. The van der Waals surface area contributed by atoms with Crippen LogP contribution in [0, 0.1) is 5.82 Å². The van der Waals surface area contributed by atoms with Gasteiger partial charge in [0, 0.05) is 31.8 Å². The first-order valence-corrected chi connectivity index (χ1v) is 8.29. The molecule has 1 aromatic carbocycles. The zero-order valence-electron chi connectivity index (χ0n) is 14.9. The van der Waals surface area contributed by atoms with E-state index < -0.39 is 6.10 Å². The Morgan fingerprint density at radius 1 is 1.16 bits per heavy atom. The first-order chi connectivity index (χ1) is 11.9. The van der Waals surface area contributed by atoms with Crippen LogP contribution in [0.3, 0.4) is 0 Å². The fourth-order valence-electron chi connectivity index (χ4n) is 2.95. The second-order valence-electron chi connectivity index (χ2n) is 6.17. The summed E-state index contributed by atoms with van der Waals surface area (Å²) >= 11 is 0. The number of benzene rings is 1. The summed E-state index contributed by atoms with van der Waals surface area (Å²) < 4.78 is 15.5. The van der Waals surface area contributed by atoms with E-state index in [1.54, 1.807) is 20.0 Å². The fourth-order valence-corrected chi connectivity index (χ4v) is 2.95. The van der Waals surface area contributed by atoms with Crippen LogP contribution >= 0.6 is 0 Å². The Balaban J connectivity index is 2.06. The number of hydrogen-bond acceptors (Lipinski definition) is 4. The minimum Gasteiger partial charge on any atom is -0.389 e. The molecule has 0 spiro atoms. The van der Waals surface area contributed by atoms with Gasteiger partial charge in [-0.2, -0.15) is 20.1 Å². The molecule has 0 aliphatic carbocycles. The Bertz CT molecular complexity index is 897. The van der Waals surface area contributed by atoms with Gasteiger partial charge in [0.1, 0.15) is 11.5 Å². The van der Waals surface area contributed by atoms with Crippen LogP contribution in [0.1, 0.15) is 42.6 Å². The predicted molar refractivity (Wildman–Crippen MR) is 92.4 cm³/mol. The molecule has 0 aliphatic heterocycles. The molecule has 0 aliphatic rings. The maximum atomic E-state index is 13.6. The molecule has 2 aromatic heterocycles. The minimum atomic E-state index is -0.802. The summed E-state index contributed by atoms with van der Waals surface area (Å²) in [5.41, 5.74) is 4.66. The molecule has 25 heavy (non-hydrogen) atoms. The van der Waals surface area contributed by atoms with Crippen molar-refractivity contribution < 1.29 is 9.50 Å². The number of halogens is 1. The van der Waals surface area contributed by atoms with Crippen molar-refractivity contribution in [1.82, 2.24) is 24.8 Å². The molecule has 1 atom stereocenters. The third kappa shape index (κ3) is 3.46. The van der Waals surface area contributed by atoms with E-state index in [2.05, 4.69) is 28.3 Å².